The van der Waals surface area contributed by atoms with E-state index in [4.69, 9.17) is 16.7 Å². The quantitative estimate of drug-likeness (QED) is 0.662. The summed E-state index contributed by atoms with van der Waals surface area (Å²) in [5, 5.41) is 11.9. The molecule has 1 rings (SSSR count). The van der Waals surface area contributed by atoms with Crippen LogP contribution in [0.3, 0.4) is 0 Å². The zero-order chi connectivity index (χ0) is 11.4. The Morgan fingerprint density at radius 3 is 2.67 bits per heavy atom. The number of aliphatic hydroxyl groups is 1. The molecule has 0 amide bonds. The number of nitrogens with one attached hydrogen (secondary N) is 1. The minimum Gasteiger partial charge on any atom is -0.390 e. The molecule has 1 aromatic rings. The number of hydrogen-bond donors (Lipinski definition) is 2. The van der Waals surface area contributed by atoms with Crippen molar-refractivity contribution < 1.29 is 13.9 Å². The van der Waals surface area contributed by atoms with Crippen LogP contribution < -0.4 is 5.32 Å². The molecule has 0 saturated heterocycles. The van der Waals surface area contributed by atoms with Gasteiger partial charge in [0.25, 0.3) is 0 Å². The lowest BCUT2D eigenvalue weighted by molar-refractivity contribution is 0.211. The molecule has 15 heavy (non-hydrogen) atoms. The summed E-state index contributed by atoms with van der Waals surface area (Å²) in [6, 6.07) is 2.40. The van der Waals surface area contributed by atoms with Crippen LogP contribution in [-0.4, -0.2) is 23.6 Å². The van der Waals surface area contributed by atoms with E-state index in [0.29, 0.717) is 5.69 Å². The van der Waals surface area contributed by atoms with Crippen LogP contribution in [0.2, 0.25) is 0 Å². The molecule has 1 unspecified atom stereocenters. The van der Waals surface area contributed by atoms with Gasteiger partial charge in [-0.1, -0.05) is 0 Å². The maximum Gasteiger partial charge on any atom is 0.173 e. The zero-order valence-electron chi connectivity index (χ0n) is 7.61. The van der Waals surface area contributed by atoms with E-state index in [1.807, 2.05) is 0 Å². The highest BCUT2D eigenvalue weighted by Crippen LogP contribution is 2.23. The Bertz CT molecular complexity index is 328. The van der Waals surface area contributed by atoms with E-state index >= 15 is 0 Å². The maximum atomic E-state index is 12.9. The number of halogens is 4. The molecule has 0 saturated carbocycles. The first-order valence-electron chi connectivity index (χ1n) is 4.17. The van der Waals surface area contributed by atoms with E-state index in [-0.39, 0.29) is 16.9 Å². The lowest BCUT2D eigenvalue weighted by Crippen LogP contribution is -2.20. The standard InChI is InChI=1S/C9H9BrClF2NO/c10-7-1-5(2-8(12)9(7)13)14-4-6(15)3-11/h1-2,6,14-15H,3-4H2. The van der Waals surface area contributed by atoms with E-state index < -0.39 is 17.7 Å². The summed E-state index contributed by atoms with van der Waals surface area (Å²) >= 11 is 8.25. The third-order valence-corrected chi connectivity index (χ3v) is 2.64. The van der Waals surface area contributed by atoms with E-state index in [1.54, 1.807) is 0 Å². The normalized spacial score (nSPS) is 12.6. The Morgan fingerprint density at radius 1 is 1.47 bits per heavy atom. The van der Waals surface area contributed by atoms with Crippen LogP contribution in [0.4, 0.5) is 14.5 Å². The van der Waals surface area contributed by atoms with Crippen molar-refractivity contribution in [2.45, 2.75) is 6.10 Å². The third kappa shape index (κ3) is 3.59. The van der Waals surface area contributed by atoms with Gasteiger partial charge in [0.2, 0.25) is 0 Å². The second kappa shape index (κ2) is 5.63. The van der Waals surface area contributed by atoms with Crippen LogP contribution in [0.15, 0.2) is 16.6 Å². The fourth-order valence-electron chi connectivity index (χ4n) is 0.948. The number of aliphatic hydroxyl groups excluding tert-OH is 1. The van der Waals surface area contributed by atoms with Crippen molar-refractivity contribution >= 4 is 33.2 Å². The van der Waals surface area contributed by atoms with Crippen LogP contribution in [0, 0.1) is 11.6 Å². The molecule has 0 spiro atoms. The van der Waals surface area contributed by atoms with Crippen LogP contribution in [0.1, 0.15) is 0 Å². The summed E-state index contributed by atoms with van der Waals surface area (Å²) < 4.78 is 25.8. The number of benzene rings is 1. The summed E-state index contributed by atoms with van der Waals surface area (Å²) in [6.45, 7) is 0.182. The summed E-state index contributed by atoms with van der Waals surface area (Å²) in [4.78, 5) is 0. The van der Waals surface area contributed by atoms with Crippen LogP contribution in [0.5, 0.6) is 0 Å². The average molecular weight is 301 g/mol. The second-order valence-corrected chi connectivity index (χ2v) is 4.11. The van der Waals surface area contributed by atoms with Crippen molar-refractivity contribution in [3.05, 3.63) is 28.2 Å². The van der Waals surface area contributed by atoms with Gasteiger partial charge in [0.05, 0.1) is 16.5 Å². The van der Waals surface area contributed by atoms with Gasteiger partial charge in [-0.15, -0.1) is 11.6 Å². The number of alkyl halides is 1. The van der Waals surface area contributed by atoms with Gasteiger partial charge >= 0.3 is 0 Å². The van der Waals surface area contributed by atoms with Crippen LogP contribution in [0.25, 0.3) is 0 Å². The minimum absolute atomic E-state index is 0.0327. The molecule has 0 aliphatic rings. The predicted molar refractivity (Wildman–Crippen MR) is 59.3 cm³/mol. The molecule has 0 radical (unpaired) electrons. The Labute approximate surface area is 99.4 Å². The Balaban J connectivity index is 2.70. The van der Waals surface area contributed by atoms with Gasteiger partial charge in [0.15, 0.2) is 11.6 Å². The lowest BCUT2D eigenvalue weighted by atomic mass is 10.3. The minimum atomic E-state index is -0.952. The van der Waals surface area contributed by atoms with Crippen molar-refractivity contribution in [1.82, 2.24) is 0 Å². The highest BCUT2D eigenvalue weighted by Gasteiger charge is 2.09. The van der Waals surface area contributed by atoms with Gasteiger partial charge in [0, 0.05) is 18.3 Å². The third-order valence-electron chi connectivity index (χ3n) is 1.70. The SMILES string of the molecule is OC(CCl)CNc1cc(F)c(F)c(Br)c1. The molecule has 0 aromatic heterocycles. The fourth-order valence-corrected chi connectivity index (χ4v) is 1.49. The van der Waals surface area contributed by atoms with Gasteiger partial charge in [-0.3, -0.25) is 0 Å². The van der Waals surface area contributed by atoms with Crippen molar-refractivity contribution in [2.75, 3.05) is 17.7 Å². The van der Waals surface area contributed by atoms with Crippen molar-refractivity contribution in [3.63, 3.8) is 0 Å². The van der Waals surface area contributed by atoms with Gasteiger partial charge in [-0.05, 0) is 22.0 Å². The molecule has 1 aromatic carbocycles. The second-order valence-electron chi connectivity index (χ2n) is 2.94. The fraction of sp³-hybridized carbons (Fsp3) is 0.333. The van der Waals surface area contributed by atoms with E-state index in [2.05, 4.69) is 21.2 Å². The van der Waals surface area contributed by atoms with Crippen molar-refractivity contribution in [2.24, 2.45) is 0 Å². The molecule has 1 atom stereocenters. The highest BCUT2D eigenvalue weighted by molar-refractivity contribution is 9.10. The molecule has 0 aliphatic carbocycles. The largest absolute Gasteiger partial charge is 0.390 e. The topological polar surface area (TPSA) is 32.3 Å². The molecule has 0 fully saturated rings. The summed E-state index contributed by atoms with van der Waals surface area (Å²) in [5.41, 5.74) is 0.380. The molecule has 6 heteroatoms. The molecule has 2 N–H and O–H groups in total. The zero-order valence-corrected chi connectivity index (χ0v) is 9.95. The highest BCUT2D eigenvalue weighted by atomic mass is 79.9. The van der Waals surface area contributed by atoms with Gasteiger partial charge < -0.3 is 10.4 Å². The predicted octanol–water partition coefficient (Wildman–Crippen LogP) is 2.74. The molecular formula is C9H9BrClF2NO. The molecule has 0 aliphatic heterocycles. The smallest absolute Gasteiger partial charge is 0.173 e. The molecule has 0 bridgehead atoms. The number of anilines is 1. The average Bonchev–Trinajstić information content (AvgIpc) is 2.22. The first-order chi connectivity index (χ1) is 7.04. The molecule has 84 valence electrons. The lowest BCUT2D eigenvalue weighted by Gasteiger charge is -2.10. The number of hydrogen-bond acceptors (Lipinski definition) is 2. The number of rotatable bonds is 4. The van der Waals surface area contributed by atoms with Gasteiger partial charge in [0.1, 0.15) is 0 Å². The van der Waals surface area contributed by atoms with E-state index in [0.717, 1.165) is 6.07 Å². The Hall–Kier alpha value is -0.390. The van der Waals surface area contributed by atoms with Crippen molar-refractivity contribution in [1.29, 1.82) is 0 Å². The first-order valence-corrected chi connectivity index (χ1v) is 5.49. The van der Waals surface area contributed by atoms with E-state index in [1.165, 1.54) is 6.07 Å². The molecule has 0 heterocycles. The molecule has 2 nitrogen and oxygen atoms in total. The monoisotopic (exact) mass is 299 g/mol. The van der Waals surface area contributed by atoms with E-state index in [9.17, 15) is 8.78 Å². The van der Waals surface area contributed by atoms with Crippen LogP contribution >= 0.6 is 27.5 Å². The summed E-state index contributed by atoms with van der Waals surface area (Å²) in [5.74, 6) is -1.80. The summed E-state index contributed by atoms with van der Waals surface area (Å²) in [7, 11) is 0. The van der Waals surface area contributed by atoms with Gasteiger partial charge in [-0.25, -0.2) is 8.78 Å². The van der Waals surface area contributed by atoms with Crippen LogP contribution in [-0.2, 0) is 0 Å². The molecular weight excluding hydrogens is 291 g/mol. The Kier molecular flexibility index (Phi) is 4.76. The maximum absolute atomic E-state index is 12.9. The Morgan fingerprint density at radius 2 is 2.13 bits per heavy atom. The summed E-state index contributed by atoms with van der Waals surface area (Å²) in [6.07, 6.45) is -0.724. The first kappa shape index (κ1) is 12.7. The van der Waals surface area contributed by atoms with Gasteiger partial charge in [-0.2, -0.15) is 0 Å². The van der Waals surface area contributed by atoms with Crippen molar-refractivity contribution in [3.8, 4) is 0 Å².